The molecule has 1 rings (SSSR count). The molecule has 22 heavy (non-hydrogen) atoms. The second-order valence-corrected chi connectivity index (χ2v) is 10.0. The zero-order valence-electron chi connectivity index (χ0n) is 13.8. The highest BCUT2D eigenvalue weighted by atomic mass is 31.2. The van der Waals surface area contributed by atoms with Crippen molar-refractivity contribution in [2.24, 2.45) is 5.41 Å². The van der Waals surface area contributed by atoms with Crippen molar-refractivity contribution in [2.45, 2.75) is 45.9 Å². The Labute approximate surface area is 132 Å². The fraction of sp³-hybridized carbons (Fsp3) is 0.923. The molecule has 1 aliphatic carbocycles. The van der Waals surface area contributed by atoms with Crippen LogP contribution in [0.15, 0.2) is 0 Å². The number of nitriles is 1. The Bertz CT molecular complexity index is 481. The first kappa shape index (κ1) is 19.8. The monoisotopic (exact) mass is 353 g/mol. The second kappa shape index (κ2) is 7.13. The first-order chi connectivity index (χ1) is 10.3. The Morgan fingerprint density at radius 3 is 1.41 bits per heavy atom. The maximum absolute atomic E-state index is 13.3. The van der Waals surface area contributed by atoms with E-state index in [4.69, 9.17) is 18.1 Å². The van der Waals surface area contributed by atoms with Crippen molar-refractivity contribution in [1.29, 1.82) is 5.26 Å². The van der Waals surface area contributed by atoms with Crippen molar-refractivity contribution in [2.75, 3.05) is 26.4 Å². The summed E-state index contributed by atoms with van der Waals surface area (Å²) in [6.45, 7) is 8.68. The van der Waals surface area contributed by atoms with Crippen LogP contribution >= 0.6 is 15.2 Å². The maximum Gasteiger partial charge on any atom is 0.350 e. The van der Waals surface area contributed by atoms with Crippen LogP contribution in [0.25, 0.3) is 0 Å². The van der Waals surface area contributed by atoms with Gasteiger partial charge in [0, 0.05) is 0 Å². The van der Waals surface area contributed by atoms with Gasteiger partial charge in [-0.1, -0.05) is 0 Å². The molecule has 0 aromatic carbocycles. The highest BCUT2D eigenvalue weighted by molar-refractivity contribution is 7.75. The third kappa shape index (κ3) is 2.82. The molecule has 1 saturated carbocycles. The fourth-order valence-corrected chi connectivity index (χ4v) is 9.29. The first-order valence-electron chi connectivity index (χ1n) is 7.46. The van der Waals surface area contributed by atoms with Crippen LogP contribution in [0.5, 0.6) is 0 Å². The summed E-state index contributed by atoms with van der Waals surface area (Å²) in [5.41, 5.74) is -1.15. The van der Waals surface area contributed by atoms with E-state index in [9.17, 15) is 14.4 Å². The number of rotatable bonds is 10. The van der Waals surface area contributed by atoms with Gasteiger partial charge in [-0.05, 0) is 41.0 Å². The summed E-state index contributed by atoms with van der Waals surface area (Å²) >= 11 is 0. The molecular formula is C13H25NO6P2. The molecule has 0 aliphatic heterocycles. The van der Waals surface area contributed by atoms with Gasteiger partial charge in [0.25, 0.3) is 0 Å². The SMILES string of the molecule is CCOP(=O)(OCC)C1(P(=O)(OCC)OCC)CC1(C)C#N. The Balaban J connectivity index is 3.49. The minimum absolute atomic E-state index is 0.0883. The fourth-order valence-electron chi connectivity index (χ4n) is 2.71. The molecule has 0 bridgehead atoms. The van der Waals surface area contributed by atoms with Gasteiger partial charge in [0.05, 0.1) is 37.9 Å². The van der Waals surface area contributed by atoms with Crippen LogP contribution in [0.4, 0.5) is 0 Å². The Kier molecular flexibility index (Phi) is 6.43. The molecule has 1 fully saturated rings. The molecule has 128 valence electrons. The van der Waals surface area contributed by atoms with Crippen LogP contribution in [0.2, 0.25) is 0 Å². The minimum Gasteiger partial charge on any atom is -0.308 e. The zero-order chi connectivity index (χ0) is 17.1. The molecule has 0 saturated heterocycles. The highest BCUT2D eigenvalue weighted by Crippen LogP contribution is 2.93. The summed E-state index contributed by atoms with van der Waals surface area (Å²) in [7, 11) is -7.73. The predicted molar refractivity (Wildman–Crippen MR) is 82.8 cm³/mol. The normalized spacial score (nSPS) is 24.0. The topological polar surface area (TPSA) is 94.8 Å². The van der Waals surface area contributed by atoms with Gasteiger partial charge in [-0.15, -0.1) is 0 Å². The average Bonchev–Trinajstić information content (AvgIpc) is 3.10. The lowest BCUT2D eigenvalue weighted by molar-refractivity contribution is 0.188. The second-order valence-electron chi connectivity index (χ2n) is 5.10. The lowest BCUT2D eigenvalue weighted by atomic mass is 10.2. The van der Waals surface area contributed by atoms with E-state index in [0.717, 1.165) is 0 Å². The molecule has 9 heteroatoms. The van der Waals surface area contributed by atoms with Crippen molar-refractivity contribution in [3.05, 3.63) is 0 Å². The number of hydrogen-bond acceptors (Lipinski definition) is 7. The van der Waals surface area contributed by atoms with Crippen LogP contribution in [0, 0.1) is 16.7 Å². The molecule has 0 aromatic rings. The molecule has 1 atom stereocenters. The molecule has 0 heterocycles. The molecule has 1 unspecified atom stereocenters. The van der Waals surface area contributed by atoms with Crippen molar-refractivity contribution < 1.29 is 27.2 Å². The minimum atomic E-state index is -3.87. The van der Waals surface area contributed by atoms with Crippen LogP contribution < -0.4 is 0 Å². The van der Waals surface area contributed by atoms with Crippen molar-refractivity contribution in [1.82, 2.24) is 0 Å². The first-order valence-corrected chi connectivity index (χ1v) is 10.5. The molecule has 7 nitrogen and oxygen atoms in total. The summed E-state index contributed by atoms with van der Waals surface area (Å²) in [5, 5.41) is 9.49. The van der Waals surface area contributed by atoms with E-state index in [2.05, 4.69) is 6.07 Å². The zero-order valence-corrected chi connectivity index (χ0v) is 15.6. The largest absolute Gasteiger partial charge is 0.350 e. The van der Waals surface area contributed by atoms with Gasteiger partial charge in [-0.2, -0.15) is 5.26 Å². The van der Waals surface area contributed by atoms with E-state index in [1.54, 1.807) is 34.6 Å². The summed E-state index contributed by atoms with van der Waals surface area (Å²) in [6, 6.07) is 2.09. The standard InChI is InChI=1S/C13H25NO6P2/c1-6-17-21(15,18-7-2)13(10-12(13,5)11-14)22(16,19-8-3)20-9-4/h6-10H2,1-5H3. The number of hydrogen-bond donors (Lipinski definition) is 0. The predicted octanol–water partition coefficient (Wildman–Crippen LogP) is 4.15. The Morgan fingerprint density at radius 2 is 1.23 bits per heavy atom. The van der Waals surface area contributed by atoms with Gasteiger partial charge >= 0.3 is 15.2 Å². The smallest absolute Gasteiger partial charge is 0.308 e. The van der Waals surface area contributed by atoms with E-state index < -0.39 is 25.5 Å². The quantitative estimate of drug-likeness (QED) is 0.544. The van der Waals surface area contributed by atoms with E-state index in [-0.39, 0.29) is 32.8 Å². The van der Waals surface area contributed by atoms with Crippen molar-refractivity contribution in [3.8, 4) is 6.07 Å². The summed E-state index contributed by atoms with van der Waals surface area (Å²) in [5.74, 6) is 0. The van der Waals surface area contributed by atoms with Gasteiger partial charge in [-0.25, -0.2) is 0 Å². The van der Waals surface area contributed by atoms with Crippen LogP contribution in [0.1, 0.15) is 41.0 Å². The number of nitrogens with zero attached hydrogens (tertiary/aromatic N) is 1. The summed E-state index contributed by atoms with van der Waals surface area (Å²) < 4.78 is 48.2. The lowest BCUT2D eigenvalue weighted by Crippen LogP contribution is -2.24. The van der Waals surface area contributed by atoms with Crippen molar-refractivity contribution in [3.63, 3.8) is 0 Å². The maximum atomic E-state index is 13.3. The van der Waals surface area contributed by atoms with E-state index in [1.807, 2.05) is 0 Å². The molecular weight excluding hydrogens is 328 g/mol. The van der Waals surface area contributed by atoms with Crippen LogP contribution in [-0.4, -0.2) is 31.3 Å². The van der Waals surface area contributed by atoms with E-state index in [0.29, 0.717) is 0 Å². The summed E-state index contributed by atoms with van der Waals surface area (Å²) in [4.78, 5) is -1.57. The average molecular weight is 353 g/mol. The van der Waals surface area contributed by atoms with Crippen LogP contribution in [-0.2, 0) is 27.2 Å². The molecule has 0 amide bonds. The third-order valence-electron chi connectivity index (χ3n) is 3.71. The van der Waals surface area contributed by atoms with E-state index >= 15 is 0 Å². The van der Waals surface area contributed by atoms with Gasteiger partial charge in [0.15, 0.2) is 4.90 Å². The van der Waals surface area contributed by atoms with Gasteiger partial charge < -0.3 is 18.1 Å². The Hall–Kier alpha value is -0.210. The highest BCUT2D eigenvalue weighted by Gasteiger charge is 2.86. The molecule has 0 spiro atoms. The molecule has 0 N–H and O–H groups in total. The summed E-state index contributed by atoms with van der Waals surface area (Å²) in [6.07, 6.45) is 0.0883. The van der Waals surface area contributed by atoms with E-state index in [1.165, 1.54) is 0 Å². The molecule has 0 radical (unpaired) electrons. The molecule has 1 aliphatic rings. The van der Waals surface area contributed by atoms with Gasteiger partial charge in [-0.3, -0.25) is 9.13 Å². The van der Waals surface area contributed by atoms with Crippen molar-refractivity contribution >= 4 is 15.2 Å². The Morgan fingerprint density at radius 1 is 0.909 bits per heavy atom. The van der Waals surface area contributed by atoms with Gasteiger partial charge in [0.2, 0.25) is 0 Å². The third-order valence-corrected chi connectivity index (χ3v) is 10.7. The van der Waals surface area contributed by atoms with Crippen LogP contribution in [0.3, 0.4) is 0 Å². The molecule has 0 aromatic heterocycles. The lowest BCUT2D eigenvalue weighted by Gasteiger charge is -2.33. The van der Waals surface area contributed by atoms with Gasteiger partial charge in [0.1, 0.15) is 0 Å².